The fourth-order valence-corrected chi connectivity index (χ4v) is 3.32. The third-order valence-electron chi connectivity index (χ3n) is 4.55. The number of hydrogen-bond donors (Lipinski definition) is 2. The van der Waals surface area contributed by atoms with E-state index in [-0.39, 0.29) is 13.1 Å². The van der Waals surface area contributed by atoms with E-state index in [1.807, 2.05) is 0 Å². The molecule has 1 heterocycles. The van der Waals surface area contributed by atoms with Crippen molar-refractivity contribution in [1.29, 1.82) is 0 Å². The molecule has 172 valence electrons. The molecule has 0 spiro atoms. The minimum atomic E-state index is -4.90. The number of piperidine rings is 1. The Bertz CT molecular complexity index is 867. The van der Waals surface area contributed by atoms with Crippen molar-refractivity contribution in [2.75, 3.05) is 25.5 Å². The lowest BCUT2D eigenvalue weighted by Crippen LogP contribution is -2.50. The van der Waals surface area contributed by atoms with Gasteiger partial charge in [-0.3, -0.25) is 14.9 Å². The Morgan fingerprint density at radius 3 is 2.42 bits per heavy atom. The summed E-state index contributed by atoms with van der Waals surface area (Å²) in [6.07, 6.45) is -4.52. The minimum absolute atomic E-state index is 0.0427. The van der Waals surface area contributed by atoms with Gasteiger partial charge in [-0.1, -0.05) is 0 Å². The molecular formula is C19H25F3N4O5. The molecule has 1 aliphatic heterocycles. The number of alkyl halides is 3. The van der Waals surface area contributed by atoms with Gasteiger partial charge in [0.05, 0.1) is 10.5 Å². The molecule has 1 saturated heterocycles. The Labute approximate surface area is 177 Å². The van der Waals surface area contributed by atoms with Crippen molar-refractivity contribution in [2.24, 2.45) is 0 Å². The predicted octanol–water partition coefficient (Wildman–Crippen LogP) is 3.78. The monoisotopic (exact) mass is 446 g/mol. The van der Waals surface area contributed by atoms with Crippen LogP contribution in [0.1, 0.15) is 49.5 Å². The largest absolute Gasteiger partial charge is 0.444 e. The lowest BCUT2D eigenvalue weighted by molar-refractivity contribution is -0.384. The van der Waals surface area contributed by atoms with Gasteiger partial charge >= 0.3 is 12.3 Å². The highest BCUT2D eigenvalue weighted by Crippen LogP contribution is 2.40. The number of benzene rings is 1. The average molecular weight is 446 g/mol. The molecule has 0 aromatic heterocycles. The molecule has 0 bridgehead atoms. The van der Waals surface area contributed by atoms with E-state index in [1.54, 1.807) is 20.8 Å². The predicted molar refractivity (Wildman–Crippen MR) is 106 cm³/mol. The Hall–Kier alpha value is -3.05. The number of nitrogens with one attached hydrogen (secondary N) is 2. The van der Waals surface area contributed by atoms with Crippen LogP contribution in [0.25, 0.3) is 0 Å². The third kappa shape index (κ3) is 6.22. The number of hydrogen-bond acceptors (Lipinski definition) is 6. The fraction of sp³-hybridized carbons (Fsp3) is 0.579. The van der Waals surface area contributed by atoms with Crippen LogP contribution < -0.4 is 10.6 Å². The van der Waals surface area contributed by atoms with E-state index < -0.39 is 57.2 Å². The summed E-state index contributed by atoms with van der Waals surface area (Å²) in [6, 6.07) is 0.974. The van der Waals surface area contributed by atoms with E-state index in [0.29, 0.717) is 18.9 Å². The van der Waals surface area contributed by atoms with Crippen molar-refractivity contribution in [3.8, 4) is 0 Å². The number of nitrogens with zero attached hydrogens (tertiary/aromatic N) is 2. The normalized spacial score (nSPS) is 17.1. The lowest BCUT2D eigenvalue weighted by atomic mass is 10.0. The van der Waals surface area contributed by atoms with Crippen LogP contribution in [0, 0.1) is 10.1 Å². The summed E-state index contributed by atoms with van der Waals surface area (Å²) in [5.74, 6) is -0.785. The second kappa shape index (κ2) is 8.98. The molecule has 1 fully saturated rings. The number of carbonyl (C=O) groups is 2. The number of ether oxygens (including phenoxy) is 1. The van der Waals surface area contributed by atoms with E-state index in [9.17, 15) is 32.9 Å². The highest BCUT2D eigenvalue weighted by atomic mass is 19.4. The second-order valence-electron chi connectivity index (χ2n) is 8.16. The maximum atomic E-state index is 13.5. The number of carbonyl (C=O) groups excluding carboxylic acids is 2. The number of amides is 2. The van der Waals surface area contributed by atoms with Crippen LogP contribution in [0.3, 0.4) is 0 Å². The van der Waals surface area contributed by atoms with Crippen molar-refractivity contribution >= 4 is 23.4 Å². The number of alkyl carbamates (subject to hydrolysis) is 1. The zero-order chi connectivity index (χ0) is 23.6. The van der Waals surface area contributed by atoms with Crippen molar-refractivity contribution in [2.45, 2.75) is 51.4 Å². The number of halogens is 3. The molecule has 0 unspecified atom stereocenters. The van der Waals surface area contributed by atoms with Gasteiger partial charge in [-0.2, -0.15) is 13.2 Å². The molecule has 0 saturated carbocycles. The van der Waals surface area contributed by atoms with Gasteiger partial charge in [0.15, 0.2) is 0 Å². The molecule has 2 N–H and O–H groups in total. The van der Waals surface area contributed by atoms with Crippen molar-refractivity contribution in [1.82, 2.24) is 10.2 Å². The van der Waals surface area contributed by atoms with Gasteiger partial charge in [-0.05, 0) is 39.7 Å². The van der Waals surface area contributed by atoms with Crippen LogP contribution in [0.5, 0.6) is 0 Å². The highest BCUT2D eigenvalue weighted by Gasteiger charge is 2.39. The molecule has 1 aromatic rings. The third-order valence-corrected chi connectivity index (χ3v) is 4.55. The summed E-state index contributed by atoms with van der Waals surface area (Å²) in [4.78, 5) is 36.5. The number of nitro benzene ring substituents is 1. The Kier molecular flexibility index (Phi) is 7.02. The summed E-state index contributed by atoms with van der Waals surface area (Å²) >= 11 is 0. The van der Waals surface area contributed by atoms with E-state index in [2.05, 4.69) is 10.6 Å². The van der Waals surface area contributed by atoms with E-state index in [1.165, 1.54) is 4.90 Å². The molecule has 31 heavy (non-hydrogen) atoms. The maximum absolute atomic E-state index is 13.5. The fourth-order valence-electron chi connectivity index (χ4n) is 3.32. The number of nitro groups is 1. The van der Waals surface area contributed by atoms with Gasteiger partial charge in [-0.15, -0.1) is 0 Å². The first-order valence-corrected chi connectivity index (χ1v) is 9.59. The van der Waals surface area contributed by atoms with Gasteiger partial charge in [0, 0.05) is 37.8 Å². The first kappa shape index (κ1) is 24.2. The van der Waals surface area contributed by atoms with Crippen LogP contribution in [0.2, 0.25) is 0 Å². The highest BCUT2D eigenvalue weighted by molar-refractivity contribution is 5.96. The zero-order valence-corrected chi connectivity index (χ0v) is 17.6. The van der Waals surface area contributed by atoms with Crippen LogP contribution in [-0.2, 0) is 10.9 Å². The molecule has 1 aromatic carbocycles. The summed E-state index contributed by atoms with van der Waals surface area (Å²) in [5.41, 5.74) is -4.02. The molecule has 9 nitrogen and oxygen atoms in total. The molecule has 0 aliphatic carbocycles. The van der Waals surface area contributed by atoms with Crippen LogP contribution >= 0.6 is 0 Å². The van der Waals surface area contributed by atoms with Gasteiger partial charge in [0.2, 0.25) is 0 Å². The molecule has 1 aliphatic rings. The van der Waals surface area contributed by atoms with Gasteiger partial charge in [0.1, 0.15) is 11.3 Å². The van der Waals surface area contributed by atoms with Crippen molar-refractivity contribution in [3.05, 3.63) is 33.4 Å². The number of anilines is 1. The summed E-state index contributed by atoms with van der Waals surface area (Å²) in [5, 5.41) is 16.1. The van der Waals surface area contributed by atoms with Crippen molar-refractivity contribution < 1.29 is 32.4 Å². The smallest absolute Gasteiger partial charge is 0.418 e. The minimum Gasteiger partial charge on any atom is -0.444 e. The van der Waals surface area contributed by atoms with E-state index in [4.69, 9.17) is 4.74 Å². The van der Waals surface area contributed by atoms with E-state index in [0.717, 1.165) is 13.1 Å². The van der Waals surface area contributed by atoms with Gasteiger partial charge in [-0.25, -0.2) is 4.79 Å². The van der Waals surface area contributed by atoms with Crippen LogP contribution in [0.15, 0.2) is 12.1 Å². The quantitative estimate of drug-likeness (QED) is 0.537. The van der Waals surface area contributed by atoms with Gasteiger partial charge in [0.25, 0.3) is 11.6 Å². The lowest BCUT2D eigenvalue weighted by Gasteiger charge is -2.33. The molecule has 0 radical (unpaired) electrons. The summed E-state index contributed by atoms with van der Waals surface area (Å²) < 4.78 is 45.6. The Morgan fingerprint density at radius 1 is 1.26 bits per heavy atom. The first-order valence-electron chi connectivity index (χ1n) is 9.59. The average Bonchev–Trinajstić information content (AvgIpc) is 2.64. The van der Waals surface area contributed by atoms with Crippen LogP contribution in [0.4, 0.5) is 29.3 Å². The Balaban J connectivity index is 2.28. The standard InChI is InChI=1S/C19H25F3N4O5/c1-18(2,3)31-17(28)24-12-6-5-7-25(10-12)16(27)11-8-13(19(20,21)22)15(23-4)14(9-11)26(29)30/h8-9,12,23H,5-7,10H2,1-4H3,(H,24,28)/t12-/m1/s1. The molecule has 2 amide bonds. The molecule has 2 rings (SSSR count). The van der Waals surface area contributed by atoms with Crippen LogP contribution in [-0.4, -0.2) is 53.6 Å². The molecular weight excluding hydrogens is 421 g/mol. The maximum Gasteiger partial charge on any atom is 0.418 e. The topological polar surface area (TPSA) is 114 Å². The number of likely N-dealkylation sites (tertiary alicyclic amines) is 1. The summed E-state index contributed by atoms with van der Waals surface area (Å²) in [7, 11) is 1.14. The first-order chi connectivity index (χ1) is 14.2. The molecule has 12 heteroatoms. The zero-order valence-electron chi connectivity index (χ0n) is 17.6. The van der Waals surface area contributed by atoms with Gasteiger partial charge < -0.3 is 20.3 Å². The van der Waals surface area contributed by atoms with Crippen molar-refractivity contribution in [3.63, 3.8) is 0 Å². The Morgan fingerprint density at radius 2 is 1.90 bits per heavy atom. The van der Waals surface area contributed by atoms with E-state index >= 15 is 0 Å². The SMILES string of the molecule is CNc1c([N+](=O)[O-])cc(C(=O)N2CCC[C@@H](NC(=O)OC(C)(C)C)C2)cc1C(F)(F)F. The second-order valence-corrected chi connectivity index (χ2v) is 8.16. The number of rotatable bonds is 4. The molecule has 1 atom stereocenters. The summed E-state index contributed by atoms with van der Waals surface area (Å²) in [6.45, 7) is 5.38.